The zero-order valence-electron chi connectivity index (χ0n) is 82.5. The van der Waals surface area contributed by atoms with E-state index in [0.717, 1.165) is 247 Å². The molecule has 40 heteroatoms. The van der Waals surface area contributed by atoms with Crippen LogP contribution in [-0.4, -0.2) is 313 Å². The number of halogens is 3. The molecule has 9 N–H and O–H groups in total. The van der Waals surface area contributed by atoms with Crippen LogP contribution in [0.3, 0.4) is 0 Å². The molecular formula is C105H126ClF2N27O10. The zero-order valence-corrected chi connectivity index (χ0v) is 83.3. The van der Waals surface area contributed by atoms with Crippen LogP contribution in [0.15, 0.2) is 183 Å². The van der Waals surface area contributed by atoms with Gasteiger partial charge in [-0.25, -0.2) is 56.3 Å². The molecule has 5 aromatic carbocycles. The van der Waals surface area contributed by atoms with Crippen molar-refractivity contribution in [2.45, 2.75) is 84.2 Å². The average Bonchev–Trinajstić information content (AvgIpc) is 1.67. The summed E-state index contributed by atoms with van der Waals surface area (Å²) < 4.78 is 82.8. The summed E-state index contributed by atoms with van der Waals surface area (Å²) in [7, 11) is 3.43. The van der Waals surface area contributed by atoms with Gasteiger partial charge in [0.1, 0.15) is 95.9 Å². The number of carbonyl (C=O) groups excluding carboxylic acids is 2. The van der Waals surface area contributed by atoms with E-state index in [2.05, 4.69) is 102 Å². The van der Waals surface area contributed by atoms with E-state index in [1.807, 2.05) is 110 Å². The normalized spacial score (nSPS) is 17.3. The Labute approximate surface area is 844 Å². The molecule has 20 bridgehead atoms. The first kappa shape index (κ1) is 101. The number of primary amides is 2. The van der Waals surface area contributed by atoms with Crippen molar-refractivity contribution < 1.29 is 56.3 Å². The van der Waals surface area contributed by atoms with Crippen molar-refractivity contribution in [1.82, 2.24) is 97.5 Å². The summed E-state index contributed by atoms with van der Waals surface area (Å²) in [4.78, 5) is 59.3. The Morgan fingerprint density at radius 3 is 1.17 bits per heavy atom. The Kier molecular flexibility index (Phi) is 33.5. The Balaban J connectivity index is 0.000000119. The van der Waals surface area contributed by atoms with Gasteiger partial charge in [0.25, 0.3) is 0 Å². The summed E-state index contributed by atoms with van der Waals surface area (Å²) in [6.07, 6.45) is 27.2. The van der Waals surface area contributed by atoms with E-state index in [9.17, 15) is 18.4 Å². The Hall–Kier alpha value is -14.0. The maximum atomic E-state index is 14.4. The minimum Gasteiger partial charge on any atom is -0.493 e. The van der Waals surface area contributed by atoms with Gasteiger partial charge in [-0.1, -0.05) is 45.2 Å². The Bertz CT molecular complexity index is 6940. The Morgan fingerprint density at radius 2 is 0.772 bits per heavy atom. The predicted octanol–water partition coefficient (Wildman–Crippen LogP) is 13.9. The third-order valence-electron chi connectivity index (χ3n) is 26.7. The number of hydrogen-bond acceptors (Lipinski definition) is 30. The zero-order chi connectivity index (χ0) is 100. The topological polar surface area (TPSA) is 387 Å². The average molecular weight is 2000 g/mol. The molecule has 6 aliphatic heterocycles. The quantitative estimate of drug-likeness (QED) is 0.0564. The van der Waals surface area contributed by atoms with Crippen LogP contribution in [0.1, 0.15) is 92.9 Å². The molecule has 16 heterocycles. The molecule has 7 aliphatic rings. The second-order valence-corrected chi connectivity index (χ2v) is 38.0. The van der Waals surface area contributed by atoms with Gasteiger partial charge < -0.3 is 75.9 Å². The molecule has 1 atom stereocenters. The number of fused-ring (bicyclic) bond motifs is 20. The number of hydrogen-bond donors (Lipinski definition) is 7. The number of amides is 2. The molecule has 0 radical (unpaired) electrons. The fourth-order valence-electron chi connectivity index (χ4n) is 18.9. The van der Waals surface area contributed by atoms with E-state index >= 15 is 0 Å². The van der Waals surface area contributed by atoms with Gasteiger partial charge >= 0.3 is 0 Å². The minimum absolute atomic E-state index is 0.320. The summed E-state index contributed by atoms with van der Waals surface area (Å²) in [6, 6.07) is 36.5. The number of aromatic nitrogens is 15. The lowest BCUT2D eigenvalue weighted by Crippen LogP contribution is -2.51. The second kappa shape index (κ2) is 48.1. The third-order valence-corrected chi connectivity index (χ3v) is 26.9. The molecule has 2 amide bonds. The first-order chi connectivity index (χ1) is 70.7. The van der Waals surface area contributed by atoms with Gasteiger partial charge in [-0.3, -0.25) is 34.1 Å². The van der Waals surface area contributed by atoms with Crippen LogP contribution in [0.2, 0.25) is 5.02 Å². The van der Waals surface area contributed by atoms with Crippen molar-refractivity contribution >= 4 is 80.7 Å². The smallest absolute Gasteiger partial charge is 0.248 e. The lowest BCUT2D eigenvalue weighted by atomic mass is 9.74. The number of anilines is 5. The summed E-state index contributed by atoms with van der Waals surface area (Å²) in [6.45, 7) is 27.8. The van der Waals surface area contributed by atoms with Gasteiger partial charge in [0.05, 0.1) is 70.1 Å². The van der Waals surface area contributed by atoms with Crippen molar-refractivity contribution in [2.24, 2.45) is 16.9 Å². The van der Waals surface area contributed by atoms with Crippen LogP contribution < -0.4 is 61.7 Å². The van der Waals surface area contributed by atoms with Crippen molar-refractivity contribution in [2.75, 3.05) is 218 Å². The van der Waals surface area contributed by atoms with Crippen LogP contribution in [-0.2, 0) is 14.2 Å². The molecule has 2 fully saturated rings. The molecular weight excluding hydrogens is 1870 g/mol. The van der Waals surface area contributed by atoms with E-state index in [1.165, 1.54) is 49.9 Å². The molecule has 1 aliphatic carbocycles. The number of rotatable bonds is 13. The molecule has 10 aromatic heterocycles. The van der Waals surface area contributed by atoms with E-state index in [0.29, 0.717) is 131 Å². The van der Waals surface area contributed by atoms with Crippen LogP contribution in [0.4, 0.5) is 37.9 Å². The molecule has 22 rings (SSSR count). The fourth-order valence-corrected chi connectivity index (χ4v) is 19.1. The highest BCUT2D eigenvalue weighted by Crippen LogP contribution is 2.40. The van der Waals surface area contributed by atoms with Crippen molar-refractivity contribution in [1.29, 1.82) is 0 Å². The lowest BCUT2D eigenvalue weighted by molar-refractivity contribution is -0.0660. The van der Waals surface area contributed by atoms with Crippen LogP contribution in [0, 0.1) is 17.0 Å². The van der Waals surface area contributed by atoms with E-state index in [1.54, 1.807) is 85.8 Å². The largest absolute Gasteiger partial charge is 0.493 e. The molecule has 37 nitrogen and oxygen atoms in total. The van der Waals surface area contributed by atoms with E-state index in [4.69, 9.17) is 80.9 Å². The van der Waals surface area contributed by atoms with Gasteiger partial charge in [-0.2, -0.15) is 25.5 Å². The minimum atomic E-state index is -0.502. The van der Waals surface area contributed by atoms with Crippen LogP contribution in [0.25, 0.3) is 83.9 Å². The number of nitrogens with one attached hydrogen (secondary N) is 5. The summed E-state index contributed by atoms with van der Waals surface area (Å²) in [5.41, 5.74) is 23.9. The molecule has 145 heavy (non-hydrogen) atoms. The molecule has 1 unspecified atom stereocenters. The number of ether oxygens (including phenoxy) is 8. The highest BCUT2D eigenvalue weighted by atomic mass is 35.5. The maximum Gasteiger partial charge on any atom is 0.248 e. The number of unbranched alkanes of at least 4 members (excludes halogenated alkanes) is 1. The monoisotopic (exact) mass is 2000 g/mol. The van der Waals surface area contributed by atoms with Crippen molar-refractivity contribution in [3.8, 4) is 84.4 Å². The SMILES string of the molecule is CC1(C)CCCC(N2CCNc3ccn4ncc(c4n3)-c3cc(F)cc(c3)OCC2)C1.CCCCN1CCNc2ccn3ncc(c3n2)-c2cc(cc(C(N)=O)c2)OCC1.COCCN1CCCNc2ccn3ncc(c3n2)-c2cc(Cl)cc(c2)OCC1.COCCN1CCCOc2cc(F)cc(c2)-c2cnn3ccc(nc23)NCC1.NC(=O)c1cc2cc(c1)-c1cnn3ccc(nc13)NCCN(C1COC1)CCO2. The lowest BCUT2D eigenvalue weighted by Gasteiger charge is -2.41. The molecule has 15 aromatic rings. The van der Waals surface area contributed by atoms with Crippen molar-refractivity contribution in [3.63, 3.8) is 0 Å². The van der Waals surface area contributed by atoms with Crippen molar-refractivity contribution in [3.05, 3.63) is 211 Å². The highest BCUT2D eigenvalue weighted by Gasteiger charge is 2.33. The van der Waals surface area contributed by atoms with Gasteiger partial charge in [-0.15, -0.1) is 0 Å². The number of nitrogens with two attached hydrogens (primary N) is 2. The molecule has 762 valence electrons. The first-order valence-electron chi connectivity index (χ1n) is 49.8. The van der Waals surface area contributed by atoms with E-state index in [-0.39, 0.29) is 11.6 Å². The number of benzene rings is 5. The molecule has 1 saturated carbocycles. The standard InChI is InChI=1S/C24H30FN5O.C21H26N6O2.C20H24ClN5O2.C20H24FN5O2.C20H22N6O3/c1-24(2)6-3-4-19(15-24)29-9-7-26-22-5-8-30-23(28-22)21(16-27-30)17-12-18(25)14-20(13-17)31-11-10-29;1-2-3-6-26-8-5-23-19-4-7-27-21(25-19)18(14-24-27)15-11-16(20(22)28)13-17(12-15)29-10-9-26;1-27-9-7-25-5-2-4-22-19-3-6-26-20(24-19)18(14-23-26)15-11-16(21)13-17(12-15)28-10-8-25;1-27-10-8-25-5-2-9-28-17-12-15(11-16(21)13-17)18-14-23-26-6-3-19(22-4-7-25)24-20(18)26;21-19(27)14-7-13-8-16(9-14)29-6-5-25(15-11-28-12-15)4-2-22-18-1-3-26-20(24-18)17(13)10-23-26/h5,8,12-14,16,19H,3-4,6-7,9-11,15H2,1-2H3,(H,26,28);4,7,11-14H,2-3,5-6,8-10H2,1H3,(H2,22,28)(H,23,25);2*3,6,11-14H,2,4-5,7-10H2,1H3,(H,22,24);1,3,7-10,15H,2,4-6,11-12H2,(H2,21,27)(H,22,24). The summed E-state index contributed by atoms with van der Waals surface area (Å²) in [5.74, 6) is 5.38. The van der Waals surface area contributed by atoms with Crippen LogP contribution in [0.5, 0.6) is 28.7 Å². The second-order valence-electron chi connectivity index (χ2n) is 37.6. The van der Waals surface area contributed by atoms with Gasteiger partial charge in [0.15, 0.2) is 28.2 Å². The van der Waals surface area contributed by atoms with Gasteiger partial charge in [-0.05, 0) is 187 Å². The maximum absolute atomic E-state index is 14.4. The first-order valence-corrected chi connectivity index (χ1v) is 50.2. The molecule has 0 spiro atoms. The summed E-state index contributed by atoms with van der Waals surface area (Å²) in [5, 5.41) is 39.6. The van der Waals surface area contributed by atoms with Gasteiger partial charge in [0, 0.05) is 219 Å². The summed E-state index contributed by atoms with van der Waals surface area (Å²) >= 11 is 6.36. The molecule has 1 saturated heterocycles. The third kappa shape index (κ3) is 26.4. The predicted molar refractivity (Wildman–Crippen MR) is 555 cm³/mol. The fraction of sp³-hybridized carbons (Fsp3) is 0.410. The highest BCUT2D eigenvalue weighted by molar-refractivity contribution is 6.31. The number of carbonyl (C=O) groups is 2. The van der Waals surface area contributed by atoms with Gasteiger partial charge in [0.2, 0.25) is 11.8 Å². The number of methoxy groups -OCH3 is 2. The number of nitrogens with zero attached hydrogens (tertiary/aromatic N) is 20. The van der Waals surface area contributed by atoms with E-state index < -0.39 is 11.8 Å². The van der Waals surface area contributed by atoms with Crippen LogP contribution >= 0.6 is 11.6 Å². The Morgan fingerprint density at radius 1 is 0.414 bits per heavy atom.